The Kier molecular flexibility index (Phi) is 4.38. The first-order chi connectivity index (χ1) is 8.35. The molecule has 1 unspecified atom stereocenters. The molecule has 94 valence electrons. The van der Waals surface area contributed by atoms with Crippen LogP contribution in [0.3, 0.4) is 0 Å². The molecule has 1 aliphatic heterocycles. The van der Waals surface area contributed by atoms with Crippen LogP contribution >= 0.6 is 0 Å². The van der Waals surface area contributed by atoms with Gasteiger partial charge in [0.2, 0.25) is 6.29 Å². The van der Waals surface area contributed by atoms with Crippen molar-refractivity contribution in [3.05, 3.63) is 23.8 Å². The van der Waals surface area contributed by atoms with E-state index in [1.54, 1.807) is 26.5 Å². The summed E-state index contributed by atoms with van der Waals surface area (Å²) in [4.78, 5) is 8.56. The van der Waals surface area contributed by atoms with Gasteiger partial charge in [-0.3, -0.25) is 0 Å². The van der Waals surface area contributed by atoms with E-state index in [1.807, 2.05) is 0 Å². The molecule has 17 heavy (non-hydrogen) atoms. The predicted molar refractivity (Wildman–Crippen MR) is 58.3 cm³/mol. The Hall–Kier alpha value is -1.08. The Morgan fingerprint density at radius 2 is 2.18 bits per heavy atom. The molecule has 0 spiro atoms. The van der Waals surface area contributed by atoms with E-state index in [0.29, 0.717) is 31.3 Å². The third-order valence-electron chi connectivity index (χ3n) is 2.47. The molecule has 6 nitrogen and oxygen atoms in total. The topological polar surface area (TPSA) is 62.7 Å². The average Bonchev–Trinajstić information content (AvgIpc) is 2.42. The number of methoxy groups -OCH3 is 2. The number of nitrogens with zero attached hydrogens (tertiary/aromatic N) is 2. The van der Waals surface area contributed by atoms with Gasteiger partial charge in [0.05, 0.1) is 19.8 Å². The molecule has 1 aliphatic rings. The second-order valence-corrected chi connectivity index (χ2v) is 3.58. The second-order valence-electron chi connectivity index (χ2n) is 3.58. The molecule has 0 radical (unpaired) electrons. The largest absolute Gasteiger partial charge is 0.376 e. The summed E-state index contributed by atoms with van der Waals surface area (Å²) < 4.78 is 21.1. The van der Waals surface area contributed by atoms with Crippen molar-refractivity contribution in [1.29, 1.82) is 0 Å². The van der Waals surface area contributed by atoms with E-state index >= 15 is 0 Å². The summed E-state index contributed by atoms with van der Waals surface area (Å²) in [6.07, 6.45) is 0.972. The van der Waals surface area contributed by atoms with Crippen molar-refractivity contribution < 1.29 is 18.9 Å². The van der Waals surface area contributed by atoms with E-state index in [2.05, 4.69) is 9.97 Å². The molecule has 0 N–H and O–H groups in total. The maximum atomic E-state index is 5.53. The molecule has 0 bridgehead atoms. The number of ether oxygens (including phenoxy) is 4. The van der Waals surface area contributed by atoms with Gasteiger partial charge < -0.3 is 18.9 Å². The van der Waals surface area contributed by atoms with E-state index in [4.69, 9.17) is 18.9 Å². The van der Waals surface area contributed by atoms with E-state index in [9.17, 15) is 0 Å². The lowest BCUT2D eigenvalue weighted by atomic mass is 10.3. The summed E-state index contributed by atoms with van der Waals surface area (Å²) in [5, 5.41) is 0. The maximum absolute atomic E-state index is 5.53. The monoisotopic (exact) mass is 240 g/mol. The summed E-state index contributed by atoms with van der Waals surface area (Å²) in [5.41, 5.74) is 0.675. The highest BCUT2D eigenvalue weighted by Crippen LogP contribution is 2.20. The van der Waals surface area contributed by atoms with E-state index in [-0.39, 0.29) is 6.10 Å². The number of aromatic nitrogens is 2. The van der Waals surface area contributed by atoms with Crippen LogP contribution < -0.4 is 0 Å². The quantitative estimate of drug-likeness (QED) is 0.727. The van der Waals surface area contributed by atoms with Gasteiger partial charge in [-0.15, -0.1) is 0 Å². The van der Waals surface area contributed by atoms with Crippen LogP contribution in [0.2, 0.25) is 0 Å². The van der Waals surface area contributed by atoms with Gasteiger partial charge in [0, 0.05) is 20.4 Å². The fourth-order valence-corrected chi connectivity index (χ4v) is 1.65. The van der Waals surface area contributed by atoms with E-state index < -0.39 is 6.29 Å². The first kappa shape index (κ1) is 12.4. The molecule has 1 fully saturated rings. The smallest absolute Gasteiger partial charge is 0.200 e. The molecular formula is C11H16N2O4. The molecular weight excluding hydrogens is 224 g/mol. The Bertz CT molecular complexity index is 351. The molecule has 1 atom stereocenters. The minimum Gasteiger partial charge on any atom is -0.376 e. The SMILES string of the molecule is COC(OC)c1ccnc(C2COCCO2)n1. The zero-order valence-corrected chi connectivity index (χ0v) is 9.96. The summed E-state index contributed by atoms with van der Waals surface area (Å²) >= 11 is 0. The summed E-state index contributed by atoms with van der Waals surface area (Å²) in [5.74, 6) is 0.598. The zero-order valence-electron chi connectivity index (χ0n) is 9.96. The Morgan fingerprint density at radius 3 is 2.82 bits per heavy atom. The molecule has 2 heterocycles. The van der Waals surface area contributed by atoms with Crippen LogP contribution in [-0.4, -0.2) is 44.0 Å². The molecule has 1 aromatic rings. The van der Waals surface area contributed by atoms with Gasteiger partial charge in [0.15, 0.2) is 5.82 Å². The highest BCUT2D eigenvalue weighted by Gasteiger charge is 2.21. The van der Waals surface area contributed by atoms with Crippen LogP contribution in [0.4, 0.5) is 0 Å². The zero-order chi connectivity index (χ0) is 12.1. The molecule has 1 aromatic heterocycles. The number of hydrogen-bond donors (Lipinski definition) is 0. The van der Waals surface area contributed by atoms with Gasteiger partial charge >= 0.3 is 0 Å². The third kappa shape index (κ3) is 2.98. The minimum absolute atomic E-state index is 0.210. The Morgan fingerprint density at radius 1 is 1.35 bits per heavy atom. The Labute approximate surface area is 99.9 Å². The van der Waals surface area contributed by atoms with Gasteiger partial charge in [-0.2, -0.15) is 0 Å². The third-order valence-corrected chi connectivity index (χ3v) is 2.47. The van der Waals surface area contributed by atoms with Crippen LogP contribution in [0.1, 0.15) is 23.9 Å². The molecule has 0 saturated carbocycles. The van der Waals surface area contributed by atoms with Gasteiger partial charge in [0.1, 0.15) is 11.8 Å². The van der Waals surface area contributed by atoms with Crippen molar-refractivity contribution in [2.24, 2.45) is 0 Å². The molecule has 6 heteroatoms. The van der Waals surface area contributed by atoms with Crippen molar-refractivity contribution in [3.63, 3.8) is 0 Å². The van der Waals surface area contributed by atoms with Crippen LogP contribution in [0.5, 0.6) is 0 Å². The van der Waals surface area contributed by atoms with Gasteiger partial charge in [-0.25, -0.2) is 9.97 Å². The predicted octanol–water partition coefficient (Wildman–Crippen LogP) is 0.856. The molecule has 0 amide bonds. The van der Waals surface area contributed by atoms with Crippen molar-refractivity contribution in [3.8, 4) is 0 Å². The Balaban J connectivity index is 2.15. The van der Waals surface area contributed by atoms with Crippen LogP contribution in [0.15, 0.2) is 12.3 Å². The van der Waals surface area contributed by atoms with Crippen LogP contribution in [0, 0.1) is 0 Å². The lowest BCUT2D eigenvalue weighted by Gasteiger charge is -2.22. The first-order valence-electron chi connectivity index (χ1n) is 5.43. The van der Waals surface area contributed by atoms with Gasteiger partial charge in [0.25, 0.3) is 0 Å². The van der Waals surface area contributed by atoms with Crippen molar-refractivity contribution in [1.82, 2.24) is 9.97 Å². The minimum atomic E-state index is -0.485. The number of hydrogen-bond acceptors (Lipinski definition) is 6. The van der Waals surface area contributed by atoms with Crippen molar-refractivity contribution in [2.45, 2.75) is 12.4 Å². The van der Waals surface area contributed by atoms with Crippen LogP contribution in [-0.2, 0) is 18.9 Å². The summed E-state index contributed by atoms with van der Waals surface area (Å²) in [7, 11) is 3.13. The van der Waals surface area contributed by atoms with Gasteiger partial charge in [-0.05, 0) is 6.07 Å². The second kappa shape index (κ2) is 6.02. The fraction of sp³-hybridized carbons (Fsp3) is 0.636. The molecule has 0 aromatic carbocycles. The normalized spacial score (nSPS) is 20.8. The van der Waals surface area contributed by atoms with Crippen molar-refractivity contribution in [2.75, 3.05) is 34.0 Å². The molecule has 1 saturated heterocycles. The highest BCUT2D eigenvalue weighted by molar-refractivity contribution is 5.06. The lowest BCUT2D eigenvalue weighted by molar-refractivity contribution is -0.110. The number of rotatable bonds is 4. The lowest BCUT2D eigenvalue weighted by Crippen LogP contribution is -2.24. The first-order valence-corrected chi connectivity index (χ1v) is 5.43. The standard InChI is InChI=1S/C11H16N2O4/c1-14-11(15-2)8-3-4-12-10(13-8)9-7-16-5-6-17-9/h3-4,9,11H,5-7H2,1-2H3. The molecule has 2 rings (SSSR count). The summed E-state index contributed by atoms with van der Waals surface area (Å²) in [6, 6.07) is 1.75. The average molecular weight is 240 g/mol. The van der Waals surface area contributed by atoms with E-state index in [1.165, 1.54) is 0 Å². The van der Waals surface area contributed by atoms with E-state index in [0.717, 1.165) is 0 Å². The summed E-state index contributed by atoms with van der Waals surface area (Å²) in [6.45, 7) is 1.67. The molecule has 0 aliphatic carbocycles. The maximum Gasteiger partial charge on any atom is 0.200 e. The fourth-order valence-electron chi connectivity index (χ4n) is 1.65. The highest BCUT2D eigenvalue weighted by atomic mass is 16.7. The van der Waals surface area contributed by atoms with Gasteiger partial charge in [-0.1, -0.05) is 0 Å². The van der Waals surface area contributed by atoms with Crippen LogP contribution in [0.25, 0.3) is 0 Å². The van der Waals surface area contributed by atoms with Crippen molar-refractivity contribution >= 4 is 0 Å².